The van der Waals surface area contributed by atoms with Crippen molar-refractivity contribution in [3.63, 3.8) is 0 Å². The third-order valence-corrected chi connectivity index (χ3v) is 5.33. The van der Waals surface area contributed by atoms with Crippen LogP contribution in [0.3, 0.4) is 0 Å². The minimum atomic E-state index is -0.644. The average molecular weight is 386 g/mol. The number of halogens is 1. The highest BCUT2D eigenvalue weighted by Crippen LogP contribution is 2.33. The van der Waals surface area contributed by atoms with Gasteiger partial charge in [0.2, 0.25) is 0 Å². The molecule has 4 atom stereocenters. The first-order chi connectivity index (χ1) is 13.5. The lowest BCUT2D eigenvalue weighted by Crippen LogP contribution is -2.34. The Balaban J connectivity index is 1.48. The molecule has 4 heterocycles. The molecule has 2 aliphatic heterocycles. The van der Waals surface area contributed by atoms with Crippen LogP contribution in [0.1, 0.15) is 0 Å². The van der Waals surface area contributed by atoms with Gasteiger partial charge in [-0.15, -0.1) is 0 Å². The molecule has 3 aromatic rings. The Morgan fingerprint density at radius 2 is 1.89 bits per heavy atom. The number of pyridine rings is 1. The Morgan fingerprint density at radius 1 is 1.14 bits per heavy atom. The van der Waals surface area contributed by atoms with E-state index in [2.05, 4.69) is 4.98 Å². The maximum atomic E-state index is 14.7. The van der Waals surface area contributed by atoms with E-state index in [1.807, 2.05) is 0 Å². The van der Waals surface area contributed by atoms with E-state index in [9.17, 15) is 14.6 Å². The van der Waals surface area contributed by atoms with Crippen molar-refractivity contribution in [2.24, 2.45) is 7.05 Å². The molecule has 1 aromatic carbocycles. The molecule has 0 spiro atoms. The summed E-state index contributed by atoms with van der Waals surface area (Å²) in [6.45, 7) is 0.543. The van der Waals surface area contributed by atoms with E-state index in [0.717, 1.165) is 0 Å². The maximum absolute atomic E-state index is 14.7. The molecule has 0 aliphatic carbocycles. The summed E-state index contributed by atoms with van der Waals surface area (Å²) in [5.41, 5.74) is 1.96. The van der Waals surface area contributed by atoms with Crippen molar-refractivity contribution in [2.45, 2.75) is 24.4 Å². The minimum Gasteiger partial charge on any atom is -0.508 e. The topological polar surface area (TPSA) is 86.0 Å². The molecule has 2 aromatic heterocycles. The number of ether oxygens (including phenoxy) is 3. The van der Waals surface area contributed by atoms with Gasteiger partial charge in [-0.2, -0.15) is 0 Å². The molecule has 8 heteroatoms. The van der Waals surface area contributed by atoms with Crippen molar-refractivity contribution in [3.8, 4) is 22.9 Å². The summed E-state index contributed by atoms with van der Waals surface area (Å²) in [6, 6.07) is 9.38. The predicted octanol–water partition coefficient (Wildman–Crippen LogP) is 1.99. The number of rotatable bonds is 3. The Morgan fingerprint density at radius 3 is 2.68 bits per heavy atom. The smallest absolute Gasteiger partial charge is 0.196 e. The van der Waals surface area contributed by atoms with Gasteiger partial charge in [0.15, 0.2) is 17.8 Å². The van der Waals surface area contributed by atoms with Gasteiger partial charge in [-0.3, -0.25) is 0 Å². The highest BCUT2D eigenvalue weighted by molar-refractivity contribution is 5.81. The highest BCUT2D eigenvalue weighted by atomic mass is 19.1. The minimum absolute atomic E-state index is 0.108. The molecule has 2 saturated heterocycles. The van der Waals surface area contributed by atoms with Crippen molar-refractivity contribution >= 4 is 11.0 Å². The predicted molar refractivity (Wildman–Crippen MR) is 97.7 cm³/mol. The quantitative estimate of drug-likeness (QED) is 0.716. The zero-order valence-corrected chi connectivity index (χ0v) is 15.1. The van der Waals surface area contributed by atoms with E-state index in [0.29, 0.717) is 29.1 Å². The van der Waals surface area contributed by atoms with Gasteiger partial charge in [0.05, 0.1) is 24.2 Å². The Hall–Kier alpha value is -2.68. The van der Waals surface area contributed by atoms with E-state index in [4.69, 9.17) is 14.2 Å². The standard InChI is InChI=1S/C20H19FN2O5/c1-23-14-6-12(21)18(10-2-4-11(24)5-3-10)22-13(14)7-17(23)28-16-9-27-19-15(25)8-26-20(16)19/h2-7,15-16,19-20,24-25H,8-9H2,1H3/t15-,16-,19?,20-/m1/s1. The molecular weight excluding hydrogens is 367 g/mol. The van der Waals surface area contributed by atoms with E-state index < -0.39 is 11.9 Å². The first kappa shape index (κ1) is 17.4. The zero-order valence-electron chi connectivity index (χ0n) is 15.1. The average Bonchev–Trinajstić information content (AvgIpc) is 3.33. The van der Waals surface area contributed by atoms with Gasteiger partial charge in [0.25, 0.3) is 0 Å². The monoisotopic (exact) mass is 386 g/mol. The molecule has 2 N–H and O–H groups in total. The van der Waals surface area contributed by atoms with Crippen LogP contribution in [0.4, 0.5) is 4.39 Å². The molecule has 2 fully saturated rings. The molecule has 1 unspecified atom stereocenters. The summed E-state index contributed by atoms with van der Waals surface area (Å²) >= 11 is 0. The van der Waals surface area contributed by atoms with E-state index in [1.165, 1.54) is 18.2 Å². The number of nitrogens with zero attached hydrogens (tertiary/aromatic N) is 2. The molecule has 5 rings (SSSR count). The molecule has 28 heavy (non-hydrogen) atoms. The Kier molecular flexibility index (Phi) is 4.01. The number of aryl methyl sites for hydroxylation is 1. The number of aliphatic hydroxyl groups is 1. The number of phenols is 1. The van der Waals surface area contributed by atoms with Gasteiger partial charge in [-0.1, -0.05) is 0 Å². The zero-order chi connectivity index (χ0) is 19.4. The first-order valence-corrected chi connectivity index (χ1v) is 9.04. The number of aromatic nitrogens is 2. The maximum Gasteiger partial charge on any atom is 0.196 e. The second kappa shape index (κ2) is 6.44. The van der Waals surface area contributed by atoms with Crippen molar-refractivity contribution in [3.05, 3.63) is 42.2 Å². The largest absolute Gasteiger partial charge is 0.508 e. The lowest BCUT2D eigenvalue weighted by atomic mass is 10.1. The van der Waals surface area contributed by atoms with Crippen LogP contribution >= 0.6 is 0 Å². The molecule has 146 valence electrons. The molecule has 0 bridgehead atoms. The van der Waals surface area contributed by atoms with Crippen molar-refractivity contribution < 1.29 is 28.8 Å². The van der Waals surface area contributed by atoms with Gasteiger partial charge in [-0.05, 0) is 24.3 Å². The summed E-state index contributed by atoms with van der Waals surface area (Å²) in [4.78, 5) is 4.45. The molecule has 2 aliphatic rings. The van der Waals surface area contributed by atoms with Crippen molar-refractivity contribution in [1.82, 2.24) is 9.55 Å². The van der Waals surface area contributed by atoms with Gasteiger partial charge in [-0.25, -0.2) is 9.37 Å². The third kappa shape index (κ3) is 2.72. The lowest BCUT2D eigenvalue weighted by molar-refractivity contribution is 0.00732. The molecule has 0 saturated carbocycles. The number of benzene rings is 1. The molecule has 7 nitrogen and oxygen atoms in total. The number of hydrogen-bond donors (Lipinski definition) is 2. The SMILES string of the molecule is Cn1c(O[C@@H]2COC3[C@H](O)CO[C@@H]32)cc2nc(-c3ccc(O)cc3)c(F)cc21. The Bertz CT molecular complexity index is 1040. The Labute approximate surface area is 159 Å². The van der Waals surface area contributed by atoms with Crippen LogP contribution < -0.4 is 4.74 Å². The summed E-state index contributed by atoms with van der Waals surface area (Å²) in [6.07, 6.45) is -1.71. The van der Waals surface area contributed by atoms with Gasteiger partial charge in [0.1, 0.15) is 29.8 Å². The summed E-state index contributed by atoms with van der Waals surface area (Å²) in [5, 5.41) is 19.3. The molecular formula is C20H19FN2O5. The number of hydrogen-bond acceptors (Lipinski definition) is 6. The van der Waals surface area contributed by atoms with Crippen LogP contribution in [-0.4, -0.2) is 57.4 Å². The van der Waals surface area contributed by atoms with Crippen LogP contribution in [0.2, 0.25) is 0 Å². The van der Waals surface area contributed by atoms with Crippen LogP contribution in [0, 0.1) is 5.82 Å². The van der Waals surface area contributed by atoms with E-state index in [1.54, 1.807) is 29.8 Å². The van der Waals surface area contributed by atoms with Crippen LogP contribution in [-0.2, 0) is 16.5 Å². The summed E-state index contributed by atoms with van der Waals surface area (Å²) < 4.78 is 33.6. The third-order valence-electron chi connectivity index (χ3n) is 5.33. The van der Waals surface area contributed by atoms with Crippen molar-refractivity contribution in [1.29, 1.82) is 0 Å². The second-order valence-electron chi connectivity index (χ2n) is 7.13. The number of aliphatic hydroxyl groups excluding tert-OH is 1. The normalized spacial score (nSPS) is 26.7. The second-order valence-corrected chi connectivity index (χ2v) is 7.13. The fourth-order valence-electron chi connectivity index (χ4n) is 3.84. The van der Waals surface area contributed by atoms with Crippen molar-refractivity contribution in [2.75, 3.05) is 13.2 Å². The summed E-state index contributed by atoms with van der Waals surface area (Å²) in [7, 11) is 1.77. The highest BCUT2D eigenvalue weighted by Gasteiger charge is 2.48. The fourth-order valence-corrected chi connectivity index (χ4v) is 3.84. The van der Waals surface area contributed by atoms with Crippen LogP contribution in [0.25, 0.3) is 22.3 Å². The fraction of sp³-hybridized carbons (Fsp3) is 0.350. The van der Waals surface area contributed by atoms with Gasteiger partial charge < -0.3 is 29.0 Å². The molecule has 0 radical (unpaired) electrons. The lowest BCUT2D eigenvalue weighted by Gasteiger charge is -2.18. The number of aromatic hydroxyl groups is 1. The summed E-state index contributed by atoms with van der Waals surface area (Å²) in [5.74, 6) is 0.165. The van der Waals surface area contributed by atoms with Crippen LogP contribution in [0.15, 0.2) is 36.4 Å². The molecule has 0 amide bonds. The van der Waals surface area contributed by atoms with Gasteiger partial charge >= 0.3 is 0 Å². The number of fused-ring (bicyclic) bond motifs is 2. The van der Waals surface area contributed by atoms with Gasteiger partial charge in [0, 0.05) is 24.7 Å². The van der Waals surface area contributed by atoms with E-state index in [-0.39, 0.29) is 36.4 Å². The first-order valence-electron chi connectivity index (χ1n) is 9.04. The van der Waals surface area contributed by atoms with Crippen LogP contribution in [0.5, 0.6) is 11.6 Å². The van der Waals surface area contributed by atoms with E-state index >= 15 is 0 Å². The number of phenolic OH excluding ortho intramolecular Hbond substituents is 1.